The lowest BCUT2D eigenvalue weighted by Crippen LogP contribution is -2.38. The smallest absolute Gasteiger partial charge is 0.246 e. The average Bonchev–Trinajstić information content (AvgIpc) is 2.47. The fourth-order valence-corrected chi connectivity index (χ4v) is 2.32. The molecule has 0 saturated heterocycles. The molecule has 1 unspecified atom stereocenters. The number of amides is 1. The fourth-order valence-electron chi connectivity index (χ4n) is 2.32. The van der Waals surface area contributed by atoms with Gasteiger partial charge in [-0.15, -0.1) is 0 Å². The molecule has 2 N–H and O–H groups in total. The first-order valence-corrected chi connectivity index (χ1v) is 6.21. The molecule has 1 aliphatic heterocycles. The minimum Gasteiger partial charge on any atom is -0.322 e. The lowest BCUT2D eigenvalue weighted by Gasteiger charge is -2.25. The van der Waals surface area contributed by atoms with Gasteiger partial charge in [0, 0.05) is 6.54 Å². The van der Waals surface area contributed by atoms with Crippen LogP contribution in [0.4, 0.5) is 5.69 Å². The van der Waals surface area contributed by atoms with Crippen molar-refractivity contribution in [1.29, 1.82) is 0 Å². The molecule has 96 valence electrons. The van der Waals surface area contributed by atoms with Gasteiger partial charge in [-0.05, 0) is 17.5 Å². The molecule has 0 aliphatic carbocycles. The number of aromatic nitrogens is 2. The first kappa shape index (κ1) is 11.8. The molecule has 2 heterocycles. The third kappa shape index (κ3) is 2.46. The van der Waals surface area contributed by atoms with Gasteiger partial charge in [-0.2, -0.15) is 0 Å². The molecule has 1 aromatic heterocycles. The number of hydrogen-bond acceptors (Lipinski definition) is 4. The van der Waals surface area contributed by atoms with E-state index >= 15 is 0 Å². The molecule has 0 spiro atoms. The van der Waals surface area contributed by atoms with Gasteiger partial charge in [-0.25, -0.2) is 9.97 Å². The van der Waals surface area contributed by atoms with Crippen molar-refractivity contribution in [1.82, 2.24) is 15.3 Å². The number of carbonyl (C=O) groups excluding carboxylic acids is 1. The molecule has 0 fully saturated rings. The molecule has 2 aromatic rings. The zero-order valence-electron chi connectivity index (χ0n) is 10.3. The Balaban J connectivity index is 1.82. The van der Waals surface area contributed by atoms with Crippen molar-refractivity contribution >= 4 is 11.6 Å². The summed E-state index contributed by atoms with van der Waals surface area (Å²) >= 11 is 0. The fraction of sp³-hybridized carbons (Fsp3) is 0.214. The summed E-state index contributed by atoms with van der Waals surface area (Å²) in [7, 11) is 0. The first-order chi connectivity index (χ1) is 9.34. The Labute approximate surface area is 111 Å². The van der Waals surface area contributed by atoms with Crippen LogP contribution >= 0.6 is 0 Å². The largest absolute Gasteiger partial charge is 0.322 e. The monoisotopic (exact) mass is 254 g/mol. The minimum absolute atomic E-state index is 0.0815. The van der Waals surface area contributed by atoms with Crippen molar-refractivity contribution in [2.24, 2.45) is 0 Å². The topological polar surface area (TPSA) is 66.9 Å². The molecule has 0 radical (unpaired) electrons. The standard InChI is InChI=1S/C14H14N4O/c19-14(18-11-7-15-9-16-8-11)13-12-4-2-1-3-10(12)5-6-17-13/h1-4,7-9,13,17H,5-6H2,(H,18,19). The number of hydrogen-bond donors (Lipinski definition) is 2. The van der Waals surface area contributed by atoms with Crippen molar-refractivity contribution in [3.05, 3.63) is 54.1 Å². The van der Waals surface area contributed by atoms with E-state index in [0.29, 0.717) is 5.69 Å². The maximum atomic E-state index is 12.3. The van der Waals surface area contributed by atoms with E-state index in [4.69, 9.17) is 0 Å². The number of fused-ring (bicyclic) bond motifs is 1. The van der Waals surface area contributed by atoms with Crippen LogP contribution in [0.1, 0.15) is 17.2 Å². The third-order valence-electron chi connectivity index (χ3n) is 3.20. The molecule has 3 rings (SSSR count). The summed E-state index contributed by atoms with van der Waals surface area (Å²) in [5, 5.41) is 6.07. The summed E-state index contributed by atoms with van der Waals surface area (Å²) in [6.45, 7) is 0.806. The Morgan fingerprint density at radius 1 is 1.26 bits per heavy atom. The van der Waals surface area contributed by atoms with Gasteiger partial charge < -0.3 is 10.6 Å². The molecule has 0 bridgehead atoms. The lowest BCUT2D eigenvalue weighted by molar-refractivity contribution is -0.118. The molecular weight excluding hydrogens is 240 g/mol. The van der Waals surface area contributed by atoms with Gasteiger partial charge in [0.1, 0.15) is 12.4 Å². The molecule has 1 aromatic carbocycles. The highest BCUT2D eigenvalue weighted by Crippen LogP contribution is 2.23. The van der Waals surface area contributed by atoms with Gasteiger partial charge in [0.2, 0.25) is 5.91 Å². The van der Waals surface area contributed by atoms with Gasteiger partial charge >= 0.3 is 0 Å². The molecular formula is C14H14N4O. The highest BCUT2D eigenvalue weighted by molar-refractivity contribution is 5.95. The van der Waals surface area contributed by atoms with Crippen LogP contribution in [-0.4, -0.2) is 22.4 Å². The highest BCUT2D eigenvalue weighted by atomic mass is 16.2. The van der Waals surface area contributed by atoms with Crippen LogP contribution < -0.4 is 10.6 Å². The number of anilines is 1. The van der Waals surface area contributed by atoms with E-state index in [1.165, 1.54) is 11.9 Å². The summed E-state index contributed by atoms with van der Waals surface area (Å²) in [4.78, 5) is 20.1. The van der Waals surface area contributed by atoms with Crippen LogP contribution in [0.5, 0.6) is 0 Å². The van der Waals surface area contributed by atoms with Crippen molar-refractivity contribution in [3.63, 3.8) is 0 Å². The van der Waals surface area contributed by atoms with Gasteiger partial charge in [-0.3, -0.25) is 4.79 Å². The highest BCUT2D eigenvalue weighted by Gasteiger charge is 2.25. The zero-order chi connectivity index (χ0) is 13.1. The van der Waals surface area contributed by atoms with E-state index in [1.54, 1.807) is 12.4 Å². The predicted molar refractivity (Wildman–Crippen MR) is 71.6 cm³/mol. The maximum Gasteiger partial charge on any atom is 0.246 e. The summed E-state index contributed by atoms with van der Waals surface area (Å²) in [5.74, 6) is -0.0815. The van der Waals surface area contributed by atoms with Crippen molar-refractivity contribution in [3.8, 4) is 0 Å². The van der Waals surface area contributed by atoms with E-state index < -0.39 is 0 Å². The lowest BCUT2D eigenvalue weighted by atomic mass is 9.94. The minimum atomic E-state index is -0.315. The second-order valence-corrected chi connectivity index (χ2v) is 4.45. The van der Waals surface area contributed by atoms with Gasteiger partial charge in [-0.1, -0.05) is 24.3 Å². The SMILES string of the molecule is O=C(Nc1cncnc1)C1NCCc2ccccc21. The number of rotatable bonds is 2. The normalized spacial score (nSPS) is 17.6. The second kappa shape index (κ2) is 5.16. The Bertz CT molecular complexity index is 585. The quantitative estimate of drug-likeness (QED) is 0.847. The molecule has 0 saturated carbocycles. The van der Waals surface area contributed by atoms with Crippen LogP contribution in [0.2, 0.25) is 0 Å². The van der Waals surface area contributed by atoms with E-state index in [9.17, 15) is 4.79 Å². The first-order valence-electron chi connectivity index (χ1n) is 6.21. The van der Waals surface area contributed by atoms with E-state index in [0.717, 1.165) is 18.5 Å². The molecule has 1 aliphatic rings. The number of nitrogens with one attached hydrogen (secondary N) is 2. The Morgan fingerprint density at radius 2 is 2.05 bits per heavy atom. The van der Waals surface area contributed by atoms with Crippen LogP contribution in [0.25, 0.3) is 0 Å². The Morgan fingerprint density at radius 3 is 2.89 bits per heavy atom. The van der Waals surface area contributed by atoms with Crippen LogP contribution in [0, 0.1) is 0 Å². The van der Waals surface area contributed by atoms with Gasteiger partial charge in [0.05, 0.1) is 18.1 Å². The number of benzene rings is 1. The predicted octanol–water partition coefficient (Wildman–Crippen LogP) is 1.30. The Hall–Kier alpha value is -2.27. The van der Waals surface area contributed by atoms with Gasteiger partial charge in [0.25, 0.3) is 0 Å². The third-order valence-corrected chi connectivity index (χ3v) is 3.20. The van der Waals surface area contributed by atoms with E-state index in [1.807, 2.05) is 18.2 Å². The van der Waals surface area contributed by atoms with Crippen molar-refractivity contribution in [2.45, 2.75) is 12.5 Å². The number of carbonyl (C=O) groups is 1. The molecule has 5 nitrogen and oxygen atoms in total. The van der Waals surface area contributed by atoms with E-state index in [-0.39, 0.29) is 11.9 Å². The van der Waals surface area contributed by atoms with E-state index in [2.05, 4.69) is 26.7 Å². The number of nitrogens with zero attached hydrogens (tertiary/aromatic N) is 2. The van der Waals surface area contributed by atoms with Crippen molar-refractivity contribution < 1.29 is 4.79 Å². The zero-order valence-corrected chi connectivity index (χ0v) is 10.3. The Kier molecular flexibility index (Phi) is 3.20. The molecule has 1 amide bonds. The summed E-state index contributed by atoms with van der Waals surface area (Å²) in [6, 6.07) is 7.71. The molecule has 19 heavy (non-hydrogen) atoms. The summed E-state index contributed by atoms with van der Waals surface area (Å²) in [6.07, 6.45) is 5.55. The summed E-state index contributed by atoms with van der Waals surface area (Å²) in [5.41, 5.74) is 2.88. The van der Waals surface area contributed by atoms with Crippen molar-refractivity contribution in [2.75, 3.05) is 11.9 Å². The second-order valence-electron chi connectivity index (χ2n) is 4.45. The maximum absolute atomic E-state index is 12.3. The summed E-state index contributed by atoms with van der Waals surface area (Å²) < 4.78 is 0. The van der Waals surface area contributed by atoms with Crippen LogP contribution in [0.15, 0.2) is 43.0 Å². The van der Waals surface area contributed by atoms with Crippen LogP contribution in [-0.2, 0) is 11.2 Å². The van der Waals surface area contributed by atoms with Gasteiger partial charge in [0.15, 0.2) is 0 Å². The van der Waals surface area contributed by atoms with Crippen LogP contribution in [0.3, 0.4) is 0 Å². The molecule has 1 atom stereocenters. The average molecular weight is 254 g/mol. The molecule has 5 heteroatoms.